The standard InChI is InChI=1S/C17H31N7/c1-14-7-3-4-10-23(14)11-6-9-19-17(18-2)20-13-16-22-21-15-8-5-12-24(15)16/h14H,3-13H2,1-2H3,(H2,18,19,20). The summed E-state index contributed by atoms with van der Waals surface area (Å²) in [6.45, 7) is 7.44. The van der Waals surface area contributed by atoms with Crippen molar-refractivity contribution >= 4 is 5.96 Å². The van der Waals surface area contributed by atoms with Crippen molar-refractivity contribution in [1.82, 2.24) is 30.3 Å². The number of piperidine rings is 1. The second kappa shape index (κ2) is 8.46. The fraction of sp³-hybridized carbons (Fsp3) is 0.824. The average Bonchev–Trinajstić information content (AvgIpc) is 3.20. The van der Waals surface area contributed by atoms with Gasteiger partial charge < -0.3 is 20.1 Å². The zero-order valence-electron chi connectivity index (χ0n) is 15.1. The highest BCUT2D eigenvalue weighted by atomic mass is 15.3. The summed E-state index contributed by atoms with van der Waals surface area (Å²) < 4.78 is 2.22. The molecular formula is C17H31N7. The monoisotopic (exact) mass is 333 g/mol. The fourth-order valence-electron chi connectivity index (χ4n) is 3.70. The zero-order chi connectivity index (χ0) is 16.8. The second-order valence-corrected chi connectivity index (χ2v) is 6.87. The van der Waals surface area contributed by atoms with Gasteiger partial charge in [0.25, 0.3) is 0 Å². The van der Waals surface area contributed by atoms with Crippen LogP contribution in [-0.4, -0.2) is 58.3 Å². The van der Waals surface area contributed by atoms with Crippen molar-refractivity contribution in [2.24, 2.45) is 4.99 Å². The van der Waals surface area contributed by atoms with E-state index in [0.717, 1.165) is 49.6 Å². The smallest absolute Gasteiger partial charge is 0.191 e. The van der Waals surface area contributed by atoms with Crippen LogP contribution in [0.4, 0.5) is 0 Å². The Morgan fingerprint density at radius 3 is 2.96 bits per heavy atom. The number of hydrogen-bond acceptors (Lipinski definition) is 4. The number of aromatic nitrogens is 3. The molecule has 24 heavy (non-hydrogen) atoms. The van der Waals surface area contributed by atoms with E-state index in [9.17, 15) is 0 Å². The molecule has 1 aromatic heterocycles. The third-order valence-corrected chi connectivity index (χ3v) is 5.18. The van der Waals surface area contributed by atoms with Gasteiger partial charge in [-0.05, 0) is 39.2 Å². The van der Waals surface area contributed by atoms with E-state index >= 15 is 0 Å². The lowest BCUT2D eigenvalue weighted by atomic mass is 10.0. The number of likely N-dealkylation sites (tertiary alicyclic amines) is 1. The van der Waals surface area contributed by atoms with Crippen molar-refractivity contribution in [3.63, 3.8) is 0 Å². The summed E-state index contributed by atoms with van der Waals surface area (Å²) in [4.78, 5) is 6.92. The average molecular weight is 333 g/mol. The van der Waals surface area contributed by atoms with E-state index in [1.165, 1.54) is 38.8 Å². The Kier molecular flexibility index (Phi) is 6.07. The van der Waals surface area contributed by atoms with Crippen LogP contribution < -0.4 is 10.6 Å². The maximum Gasteiger partial charge on any atom is 0.191 e. The summed E-state index contributed by atoms with van der Waals surface area (Å²) in [6.07, 6.45) is 7.46. The summed E-state index contributed by atoms with van der Waals surface area (Å²) in [7, 11) is 1.82. The Hall–Kier alpha value is -1.63. The second-order valence-electron chi connectivity index (χ2n) is 6.87. The molecule has 3 heterocycles. The summed E-state index contributed by atoms with van der Waals surface area (Å²) in [5.41, 5.74) is 0. The quantitative estimate of drug-likeness (QED) is 0.464. The van der Waals surface area contributed by atoms with Crippen LogP contribution in [0.3, 0.4) is 0 Å². The van der Waals surface area contributed by atoms with Crippen LogP contribution in [0.25, 0.3) is 0 Å². The largest absolute Gasteiger partial charge is 0.356 e. The summed E-state index contributed by atoms with van der Waals surface area (Å²) >= 11 is 0. The Morgan fingerprint density at radius 2 is 2.12 bits per heavy atom. The molecule has 0 spiro atoms. The van der Waals surface area contributed by atoms with Gasteiger partial charge in [0.2, 0.25) is 0 Å². The van der Waals surface area contributed by atoms with Gasteiger partial charge in [-0.3, -0.25) is 4.99 Å². The molecule has 7 heteroatoms. The minimum absolute atomic E-state index is 0.676. The number of aryl methyl sites for hydroxylation is 1. The molecule has 2 aliphatic rings. The lowest BCUT2D eigenvalue weighted by Gasteiger charge is -2.33. The molecule has 1 fully saturated rings. The molecule has 0 aliphatic carbocycles. The van der Waals surface area contributed by atoms with Crippen molar-refractivity contribution < 1.29 is 0 Å². The Labute approximate surface area is 144 Å². The van der Waals surface area contributed by atoms with E-state index in [0.29, 0.717) is 6.54 Å². The first-order valence-electron chi connectivity index (χ1n) is 9.37. The molecular weight excluding hydrogens is 302 g/mol. The normalized spacial score (nSPS) is 21.8. The van der Waals surface area contributed by atoms with E-state index in [1.807, 2.05) is 7.05 Å². The summed E-state index contributed by atoms with van der Waals surface area (Å²) in [6, 6.07) is 0.742. The van der Waals surface area contributed by atoms with Gasteiger partial charge in [-0.15, -0.1) is 10.2 Å². The fourth-order valence-corrected chi connectivity index (χ4v) is 3.70. The van der Waals surface area contributed by atoms with E-state index < -0.39 is 0 Å². The van der Waals surface area contributed by atoms with Crippen molar-refractivity contribution in [1.29, 1.82) is 0 Å². The van der Waals surface area contributed by atoms with Gasteiger partial charge in [0, 0.05) is 39.1 Å². The van der Waals surface area contributed by atoms with E-state index in [-0.39, 0.29) is 0 Å². The number of nitrogens with one attached hydrogen (secondary N) is 2. The lowest BCUT2D eigenvalue weighted by Crippen LogP contribution is -2.41. The summed E-state index contributed by atoms with van der Waals surface area (Å²) in [5, 5.41) is 15.3. The topological polar surface area (TPSA) is 70.4 Å². The van der Waals surface area contributed by atoms with Crippen LogP contribution in [0.1, 0.15) is 50.7 Å². The molecule has 3 rings (SSSR count). The first-order chi connectivity index (χ1) is 11.8. The van der Waals surface area contributed by atoms with E-state index in [4.69, 9.17) is 0 Å². The Morgan fingerprint density at radius 1 is 1.21 bits per heavy atom. The van der Waals surface area contributed by atoms with Crippen LogP contribution in [0.5, 0.6) is 0 Å². The van der Waals surface area contributed by atoms with Crippen LogP contribution in [-0.2, 0) is 19.5 Å². The number of rotatable bonds is 6. The number of hydrogen-bond donors (Lipinski definition) is 2. The van der Waals surface area contributed by atoms with Crippen LogP contribution in [0.2, 0.25) is 0 Å². The van der Waals surface area contributed by atoms with Gasteiger partial charge in [0.15, 0.2) is 11.8 Å². The molecule has 0 bridgehead atoms. The molecule has 0 radical (unpaired) electrons. The molecule has 134 valence electrons. The Balaban J connectivity index is 1.36. The van der Waals surface area contributed by atoms with Crippen LogP contribution >= 0.6 is 0 Å². The molecule has 0 amide bonds. The first kappa shape index (κ1) is 17.2. The minimum atomic E-state index is 0.676. The highest BCUT2D eigenvalue weighted by Crippen LogP contribution is 2.16. The highest BCUT2D eigenvalue weighted by Gasteiger charge is 2.18. The van der Waals surface area contributed by atoms with Crippen molar-refractivity contribution in [2.45, 2.75) is 64.6 Å². The van der Waals surface area contributed by atoms with Crippen LogP contribution in [0.15, 0.2) is 4.99 Å². The first-order valence-corrected chi connectivity index (χ1v) is 9.37. The molecule has 2 aliphatic heterocycles. The molecule has 7 nitrogen and oxygen atoms in total. The SMILES string of the molecule is CN=C(NCCCN1CCCCC1C)NCc1nnc2n1CCC2. The number of nitrogens with zero attached hydrogens (tertiary/aromatic N) is 5. The van der Waals surface area contributed by atoms with Gasteiger partial charge in [-0.1, -0.05) is 6.42 Å². The van der Waals surface area contributed by atoms with Gasteiger partial charge in [0.1, 0.15) is 5.82 Å². The number of guanidine groups is 1. The number of aliphatic imine (C=N–C) groups is 1. The predicted molar refractivity (Wildman–Crippen MR) is 96.0 cm³/mol. The molecule has 1 atom stereocenters. The van der Waals surface area contributed by atoms with Crippen molar-refractivity contribution in [2.75, 3.05) is 26.7 Å². The lowest BCUT2D eigenvalue weighted by molar-refractivity contribution is 0.159. The third-order valence-electron chi connectivity index (χ3n) is 5.18. The van der Waals surface area contributed by atoms with E-state index in [2.05, 4.69) is 42.2 Å². The zero-order valence-corrected chi connectivity index (χ0v) is 15.1. The summed E-state index contributed by atoms with van der Waals surface area (Å²) in [5.74, 6) is 2.97. The molecule has 2 N–H and O–H groups in total. The maximum atomic E-state index is 4.30. The maximum absolute atomic E-state index is 4.30. The molecule has 1 aromatic rings. The third kappa shape index (κ3) is 4.26. The molecule has 1 unspecified atom stereocenters. The van der Waals surface area contributed by atoms with Gasteiger partial charge in [-0.2, -0.15) is 0 Å². The van der Waals surface area contributed by atoms with E-state index in [1.54, 1.807) is 0 Å². The molecule has 0 saturated carbocycles. The Bertz CT molecular complexity index is 551. The van der Waals surface area contributed by atoms with Gasteiger partial charge in [-0.25, -0.2) is 0 Å². The molecule has 1 saturated heterocycles. The predicted octanol–water partition coefficient (Wildman–Crippen LogP) is 1.15. The van der Waals surface area contributed by atoms with Gasteiger partial charge >= 0.3 is 0 Å². The molecule has 0 aromatic carbocycles. The highest BCUT2D eigenvalue weighted by molar-refractivity contribution is 5.79. The number of fused-ring (bicyclic) bond motifs is 1. The van der Waals surface area contributed by atoms with Crippen molar-refractivity contribution in [3.8, 4) is 0 Å². The van der Waals surface area contributed by atoms with Gasteiger partial charge in [0.05, 0.1) is 6.54 Å². The minimum Gasteiger partial charge on any atom is -0.356 e. The van der Waals surface area contributed by atoms with Crippen molar-refractivity contribution in [3.05, 3.63) is 11.6 Å². The van der Waals surface area contributed by atoms with Crippen LogP contribution in [0, 0.1) is 0 Å².